The highest BCUT2D eigenvalue weighted by Gasteiger charge is 2.30. The van der Waals surface area contributed by atoms with Gasteiger partial charge in [-0.2, -0.15) is 23.4 Å². The summed E-state index contributed by atoms with van der Waals surface area (Å²) in [6.45, 7) is 1.28. The first-order chi connectivity index (χ1) is 10.3. The van der Waals surface area contributed by atoms with Crippen molar-refractivity contribution < 1.29 is 18.0 Å². The number of halogens is 3. The van der Waals surface area contributed by atoms with E-state index in [1.807, 2.05) is 6.07 Å². The van der Waals surface area contributed by atoms with Crippen molar-refractivity contribution >= 4 is 17.2 Å². The molecule has 0 unspecified atom stereocenters. The van der Waals surface area contributed by atoms with E-state index in [0.29, 0.717) is 15.4 Å². The van der Waals surface area contributed by atoms with Crippen LogP contribution in [0.5, 0.6) is 0 Å². The summed E-state index contributed by atoms with van der Waals surface area (Å²) in [5.41, 5.74) is -0.317. The van der Waals surface area contributed by atoms with Gasteiger partial charge in [0.1, 0.15) is 0 Å². The molecule has 0 saturated carbocycles. The van der Waals surface area contributed by atoms with Crippen molar-refractivity contribution in [2.45, 2.75) is 19.5 Å². The Balaban J connectivity index is 2.52. The molecule has 114 valence electrons. The fraction of sp³-hybridized carbons (Fsp3) is 0.214. The van der Waals surface area contributed by atoms with Gasteiger partial charge in [0.05, 0.1) is 18.1 Å². The van der Waals surface area contributed by atoms with E-state index < -0.39 is 17.6 Å². The Morgan fingerprint density at radius 2 is 2.00 bits per heavy atom. The first-order valence-electron chi connectivity index (χ1n) is 6.12. The van der Waals surface area contributed by atoms with Crippen LogP contribution in [-0.4, -0.2) is 10.5 Å². The van der Waals surface area contributed by atoms with Crippen molar-refractivity contribution in [3.05, 3.63) is 45.7 Å². The van der Waals surface area contributed by atoms with Gasteiger partial charge in [-0.1, -0.05) is 0 Å². The Labute approximate surface area is 127 Å². The maximum absolute atomic E-state index is 12.6. The highest BCUT2D eigenvalue weighted by Crippen LogP contribution is 2.29. The minimum absolute atomic E-state index is 0.138. The van der Waals surface area contributed by atoms with E-state index in [1.165, 1.54) is 23.6 Å². The number of carbonyl (C=O) groups excluding carboxylic acids is 1. The Hall–Kier alpha value is -2.40. The van der Waals surface area contributed by atoms with Crippen molar-refractivity contribution in [1.82, 2.24) is 4.57 Å². The molecule has 1 heterocycles. The quantitative estimate of drug-likeness (QED) is 0.852. The molecule has 2 rings (SSSR count). The van der Waals surface area contributed by atoms with Gasteiger partial charge in [0.25, 0.3) is 0 Å². The van der Waals surface area contributed by atoms with Gasteiger partial charge in [-0.05, 0) is 24.3 Å². The number of hydrogen-bond donors (Lipinski definition) is 0. The molecule has 0 atom stereocenters. The van der Waals surface area contributed by atoms with E-state index in [1.54, 1.807) is 6.20 Å². The maximum Gasteiger partial charge on any atom is 0.416 e. The molecule has 8 heteroatoms. The molecule has 1 aromatic carbocycles. The smallest absolute Gasteiger partial charge is 0.292 e. The molecule has 4 nitrogen and oxygen atoms in total. The molecule has 0 aliphatic carbocycles. The van der Waals surface area contributed by atoms with Crippen molar-refractivity contribution in [2.75, 3.05) is 0 Å². The Bertz CT molecular complexity index is 794. The third-order valence-electron chi connectivity index (χ3n) is 2.68. The minimum Gasteiger partial charge on any atom is -0.292 e. The number of rotatable bonds is 2. The Morgan fingerprint density at radius 1 is 1.36 bits per heavy atom. The zero-order valence-corrected chi connectivity index (χ0v) is 12.2. The van der Waals surface area contributed by atoms with Crippen LogP contribution in [0.3, 0.4) is 0 Å². The number of amides is 1. The summed E-state index contributed by atoms with van der Waals surface area (Å²) >= 11 is 1.15. The number of nitriles is 1. The fourth-order valence-electron chi connectivity index (χ4n) is 1.76. The topological polar surface area (TPSA) is 58.1 Å². The second-order valence-corrected chi connectivity index (χ2v) is 5.45. The number of carbonyl (C=O) groups is 1. The van der Waals surface area contributed by atoms with Crippen LogP contribution in [0.25, 0.3) is 5.69 Å². The number of alkyl halides is 3. The van der Waals surface area contributed by atoms with Crippen molar-refractivity contribution in [3.8, 4) is 11.8 Å². The van der Waals surface area contributed by atoms with E-state index in [0.717, 1.165) is 23.5 Å². The summed E-state index contributed by atoms with van der Waals surface area (Å²) in [5.74, 6) is -0.425. The van der Waals surface area contributed by atoms with Gasteiger partial charge in [0.15, 0.2) is 4.80 Å². The second-order valence-electron chi connectivity index (χ2n) is 4.36. The van der Waals surface area contributed by atoms with Crippen LogP contribution in [0.15, 0.2) is 35.5 Å². The zero-order chi connectivity index (χ0) is 16.3. The molecule has 0 saturated heterocycles. The van der Waals surface area contributed by atoms with Crippen LogP contribution in [0.4, 0.5) is 13.2 Å². The summed E-state index contributed by atoms with van der Waals surface area (Å²) in [5, 5.41) is 8.72. The van der Waals surface area contributed by atoms with E-state index in [4.69, 9.17) is 5.26 Å². The van der Waals surface area contributed by atoms with Crippen LogP contribution in [0, 0.1) is 11.3 Å². The van der Waals surface area contributed by atoms with Crippen LogP contribution in [0.2, 0.25) is 0 Å². The number of aromatic nitrogens is 1. The summed E-state index contributed by atoms with van der Waals surface area (Å²) < 4.78 is 39.2. The predicted molar refractivity (Wildman–Crippen MR) is 74.2 cm³/mol. The highest BCUT2D eigenvalue weighted by atomic mass is 32.1. The van der Waals surface area contributed by atoms with E-state index >= 15 is 0 Å². The SMILES string of the molecule is CC(=O)/N=c1\sc(CC#N)cn1-c1ccc(C(F)(F)F)cc1. The molecule has 1 aromatic heterocycles. The monoisotopic (exact) mass is 325 g/mol. The van der Waals surface area contributed by atoms with Crippen molar-refractivity contribution in [1.29, 1.82) is 5.26 Å². The standard InChI is InChI=1S/C14H10F3N3OS/c1-9(21)19-13-20(8-12(22-13)6-7-18)11-4-2-10(3-5-11)14(15,16)17/h2-5,8H,6H2,1H3/b19-13-. The lowest BCUT2D eigenvalue weighted by Crippen LogP contribution is -2.14. The minimum atomic E-state index is -4.41. The fourth-order valence-corrected chi connectivity index (χ4v) is 2.72. The summed E-state index contributed by atoms with van der Waals surface area (Å²) in [7, 11) is 0. The van der Waals surface area contributed by atoms with E-state index in [2.05, 4.69) is 4.99 Å². The molecule has 0 aliphatic heterocycles. The van der Waals surface area contributed by atoms with E-state index in [-0.39, 0.29) is 6.42 Å². The van der Waals surface area contributed by atoms with Gasteiger partial charge in [-0.25, -0.2) is 0 Å². The van der Waals surface area contributed by atoms with E-state index in [9.17, 15) is 18.0 Å². The molecule has 2 aromatic rings. The maximum atomic E-state index is 12.6. The average molecular weight is 325 g/mol. The van der Waals surface area contributed by atoms with Crippen LogP contribution >= 0.6 is 11.3 Å². The average Bonchev–Trinajstić information content (AvgIpc) is 2.80. The molecule has 0 radical (unpaired) electrons. The van der Waals surface area contributed by atoms with Gasteiger partial charge in [-0.3, -0.25) is 9.36 Å². The first-order valence-corrected chi connectivity index (χ1v) is 6.94. The lowest BCUT2D eigenvalue weighted by atomic mass is 10.2. The molecule has 0 aliphatic rings. The summed E-state index contributed by atoms with van der Waals surface area (Å²) in [6.07, 6.45) is -2.67. The summed E-state index contributed by atoms with van der Waals surface area (Å²) in [6, 6.07) is 6.49. The number of hydrogen-bond acceptors (Lipinski definition) is 3. The molecule has 0 fully saturated rings. The van der Waals surface area contributed by atoms with Gasteiger partial charge in [-0.15, -0.1) is 11.3 Å². The molecule has 1 amide bonds. The lowest BCUT2D eigenvalue weighted by Gasteiger charge is -2.08. The molecule has 0 bridgehead atoms. The third kappa shape index (κ3) is 3.62. The number of benzene rings is 1. The first kappa shape index (κ1) is 16.0. The normalized spacial score (nSPS) is 12.2. The van der Waals surface area contributed by atoms with Crippen molar-refractivity contribution in [2.24, 2.45) is 4.99 Å². The number of nitrogens with zero attached hydrogens (tertiary/aromatic N) is 3. The number of thiazole rings is 1. The summed E-state index contributed by atoms with van der Waals surface area (Å²) in [4.78, 5) is 16.0. The van der Waals surface area contributed by atoms with Crippen molar-refractivity contribution in [3.63, 3.8) is 0 Å². The molecule has 0 N–H and O–H groups in total. The Kier molecular flexibility index (Phi) is 4.47. The second kappa shape index (κ2) is 6.15. The largest absolute Gasteiger partial charge is 0.416 e. The third-order valence-corrected chi connectivity index (χ3v) is 3.66. The lowest BCUT2D eigenvalue weighted by molar-refractivity contribution is -0.137. The van der Waals surface area contributed by atoms with Gasteiger partial charge in [0.2, 0.25) is 5.91 Å². The molecule has 22 heavy (non-hydrogen) atoms. The van der Waals surface area contributed by atoms with Gasteiger partial charge >= 0.3 is 6.18 Å². The molecule has 0 spiro atoms. The predicted octanol–water partition coefficient (Wildman–Crippen LogP) is 3.07. The van der Waals surface area contributed by atoms with Gasteiger partial charge in [0, 0.05) is 23.7 Å². The van der Waals surface area contributed by atoms with Crippen LogP contribution < -0.4 is 4.80 Å². The zero-order valence-electron chi connectivity index (χ0n) is 11.4. The molecular formula is C14H10F3N3OS. The Morgan fingerprint density at radius 3 is 2.50 bits per heavy atom. The highest BCUT2D eigenvalue weighted by molar-refractivity contribution is 7.09. The van der Waals surface area contributed by atoms with Crippen LogP contribution in [-0.2, 0) is 17.4 Å². The van der Waals surface area contributed by atoms with Gasteiger partial charge < -0.3 is 0 Å². The molecular weight excluding hydrogens is 315 g/mol. The van der Waals surface area contributed by atoms with Crippen LogP contribution in [0.1, 0.15) is 17.4 Å².